The number of rotatable bonds is 3. The van der Waals surface area contributed by atoms with Crippen LogP contribution in [-0.4, -0.2) is 0 Å². The molecule has 0 aliphatic heterocycles. The van der Waals surface area contributed by atoms with E-state index < -0.39 is 0 Å². The second kappa shape index (κ2) is 13.0. The predicted molar refractivity (Wildman–Crippen MR) is 174 cm³/mol. The first-order chi connectivity index (χ1) is 17.3. The molecule has 0 spiro atoms. The minimum atomic E-state index is 1.20. The van der Waals surface area contributed by atoms with Gasteiger partial charge in [0, 0.05) is 53.6 Å². The van der Waals surface area contributed by atoms with E-state index in [4.69, 9.17) is 0 Å². The van der Waals surface area contributed by atoms with Crippen LogP contribution in [0.1, 0.15) is 24.4 Å². The summed E-state index contributed by atoms with van der Waals surface area (Å²) in [6, 6.07) is 26.1. The van der Waals surface area contributed by atoms with Gasteiger partial charge in [0.2, 0.25) is 0 Å². The molecule has 186 valence electrons. The summed E-state index contributed by atoms with van der Waals surface area (Å²) in [5.74, 6) is 0. The molecule has 0 nitrogen and oxygen atoms in total. The van der Waals surface area contributed by atoms with Gasteiger partial charge in [-0.05, 0) is 123 Å². The first-order valence-corrected chi connectivity index (χ1v) is 17.0. The Kier molecular flexibility index (Phi) is 9.98. The van der Waals surface area contributed by atoms with Gasteiger partial charge < -0.3 is 0 Å². The summed E-state index contributed by atoms with van der Waals surface area (Å²) in [6.45, 7) is 10.7. The number of hydrogen-bond acceptors (Lipinski definition) is 6. The highest BCUT2D eigenvalue weighted by atomic mass is 79.9. The molecule has 7 heteroatoms. The predicted octanol–water partition coefficient (Wildman–Crippen LogP) is 12.7. The molecule has 36 heavy (non-hydrogen) atoms. The summed E-state index contributed by atoms with van der Waals surface area (Å²) in [4.78, 5) is 15.2. The Bertz CT molecular complexity index is 1410. The molecular weight excluding hydrogens is 621 g/mol. The third-order valence-electron chi connectivity index (χ3n) is 5.00. The van der Waals surface area contributed by atoms with Gasteiger partial charge in [-0.15, -0.1) is 68.0 Å². The number of thiophene rings is 6. The van der Waals surface area contributed by atoms with Gasteiger partial charge in [-0.25, -0.2) is 0 Å². The van der Waals surface area contributed by atoms with Crippen molar-refractivity contribution in [1.29, 1.82) is 0 Å². The maximum atomic E-state index is 3.46. The number of halogens is 1. The van der Waals surface area contributed by atoms with Crippen molar-refractivity contribution >= 4 is 84.0 Å². The van der Waals surface area contributed by atoms with E-state index in [0.717, 1.165) is 0 Å². The van der Waals surface area contributed by atoms with Crippen LogP contribution in [0.15, 0.2) is 76.6 Å². The van der Waals surface area contributed by atoms with Crippen molar-refractivity contribution in [2.75, 3.05) is 0 Å². The zero-order valence-electron chi connectivity index (χ0n) is 20.8. The molecule has 6 aromatic rings. The number of aryl methyl sites for hydroxylation is 5. The highest BCUT2D eigenvalue weighted by molar-refractivity contribution is 9.11. The molecule has 0 aromatic carbocycles. The summed E-state index contributed by atoms with van der Waals surface area (Å²) >= 11 is 14.6. The van der Waals surface area contributed by atoms with Crippen LogP contribution in [0.2, 0.25) is 0 Å². The van der Waals surface area contributed by atoms with Crippen LogP contribution in [0.3, 0.4) is 0 Å². The van der Waals surface area contributed by atoms with Crippen LogP contribution in [-0.2, 0) is 0 Å². The molecule has 0 unspecified atom stereocenters. The topological polar surface area (TPSA) is 0 Å². The summed E-state index contributed by atoms with van der Waals surface area (Å²) in [5.41, 5.74) is 0. The monoisotopic (exact) mass is 646 g/mol. The van der Waals surface area contributed by atoms with Gasteiger partial charge in [-0.1, -0.05) is 0 Å². The Labute approximate surface area is 246 Å². The van der Waals surface area contributed by atoms with E-state index >= 15 is 0 Å². The third-order valence-corrected chi connectivity index (χ3v) is 12.2. The molecule has 0 saturated carbocycles. The maximum Gasteiger partial charge on any atom is 0.0705 e. The van der Waals surface area contributed by atoms with Crippen molar-refractivity contribution in [1.82, 2.24) is 0 Å². The van der Waals surface area contributed by atoms with E-state index in [1.165, 1.54) is 57.4 Å². The smallest absolute Gasteiger partial charge is 0.0705 e. The van der Waals surface area contributed by atoms with Gasteiger partial charge >= 0.3 is 0 Å². The van der Waals surface area contributed by atoms with E-state index in [1.54, 1.807) is 11.3 Å². The molecule has 0 N–H and O–H groups in total. The molecule has 0 saturated heterocycles. The lowest BCUT2D eigenvalue weighted by atomic mass is 10.3. The Morgan fingerprint density at radius 1 is 0.333 bits per heavy atom. The quantitative estimate of drug-likeness (QED) is 0.179. The normalized spacial score (nSPS) is 10.5. The van der Waals surface area contributed by atoms with Crippen molar-refractivity contribution < 1.29 is 0 Å². The molecule has 6 aromatic heterocycles. The van der Waals surface area contributed by atoms with Crippen molar-refractivity contribution in [2.24, 2.45) is 0 Å². The summed E-state index contributed by atoms with van der Waals surface area (Å²) in [6.07, 6.45) is 0. The van der Waals surface area contributed by atoms with E-state index in [2.05, 4.69) is 123 Å². The SMILES string of the molecule is Cc1ccc(-c2ccc(-c3ccc(C)s3)s2)s1.Cc1ccc(-c2ccc(Br)s2)s1.Cc1ccc(C)s1. The fourth-order valence-electron chi connectivity index (χ4n) is 3.31. The van der Waals surface area contributed by atoms with Crippen molar-refractivity contribution in [3.63, 3.8) is 0 Å². The fraction of sp³-hybridized carbons (Fsp3) is 0.172. The molecule has 0 radical (unpaired) electrons. The zero-order valence-corrected chi connectivity index (χ0v) is 27.2. The average Bonchev–Trinajstić information content (AvgIpc) is 3.64. The van der Waals surface area contributed by atoms with E-state index in [1.807, 2.05) is 56.7 Å². The second-order valence-electron chi connectivity index (χ2n) is 8.16. The van der Waals surface area contributed by atoms with Crippen LogP contribution in [0.5, 0.6) is 0 Å². The fourth-order valence-corrected chi connectivity index (χ4v) is 9.35. The van der Waals surface area contributed by atoms with Gasteiger partial charge in [0.05, 0.1) is 3.79 Å². The Balaban J connectivity index is 0.000000139. The molecule has 6 rings (SSSR count). The summed E-state index contributed by atoms with van der Waals surface area (Å²) in [5, 5.41) is 0. The maximum absolute atomic E-state index is 3.46. The third kappa shape index (κ3) is 7.84. The number of hydrogen-bond donors (Lipinski definition) is 0. The highest BCUT2D eigenvalue weighted by Crippen LogP contribution is 2.39. The van der Waals surface area contributed by atoms with Crippen LogP contribution < -0.4 is 0 Å². The van der Waals surface area contributed by atoms with Crippen molar-refractivity contribution in [3.8, 4) is 29.3 Å². The Morgan fingerprint density at radius 3 is 0.889 bits per heavy atom. The molecule has 0 fully saturated rings. The minimum absolute atomic E-state index is 1.20. The van der Waals surface area contributed by atoms with Crippen LogP contribution in [0.25, 0.3) is 29.3 Å². The van der Waals surface area contributed by atoms with Gasteiger partial charge in [-0.2, -0.15) is 0 Å². The van der Waals surface area contributed by atoms with Gasteiger partial charge in [0.1, 0.15) is 0 Å². The highest BCUT2D eigenvalue weighted by Gasteiger charge is 2.08. The molecule has 0 atom stereocenters. The summed E-state index contributed by atoms with van der Waals surface area (Å²) < 4.78 is 1.20. The summed E-state index contributed by atoms with van der Waals surface area (Å²) in [7, 11) is 0. The molecular formula is C29H27BrS6. The standard InChI is InChI=1S/C14H12S3.C9H7BrS2.C6H8S/c1-9-3-5-11(15-9)13-7-8-14(17-13)12-6-4-10(2)16-12;1-6-2-3-7(11-6)8-4-5-9(10)12-8;1-5-3-4-6(2)7-5/h3-8H,1-2H3;2-5H,1H3;3-4H,1-2H3. The van der Waals surface area contributed by atoms with Crippen LogP contribution >= 0.6 is 84.0 Å². The van der Waals surface area contributed by atoms with Gasteiger partial charge in [0.15, 0.2) is 0 Å². The second-order valence-corrected chi connectivity index (χ2v) is 17.1. The molecule has 0 aliphatic rings. The van der Waals surface area contributed by atoms with Crippen LogP contribution in [0.4, 0.5) is 0 Å². The Hall–Kier alpha value is -1.32. The van der Waals surface area contributed by atoms with Crippen LogP contribution in [0, 0.1) is 34.6 Å². The van der Waals surface area contributed by atoms with E-state index in [-0.39, 0.29) is 0 Å². The molecule has 0 aliphatic carbocycles. The lowest BCUT2D eigenvalue weighted by molar-refractivity contribution is 1.61. The zero-order chi connectivity index (χ0) is 25.7. The average molecular weight is 648 g/mol. The van der Waals surface area contributed by atoms with Gasteiger partial charge in [0.25, 0.3) is 0 Å². The van der Waals surface area contributed by atoms with Crippen molar-refractivity contribution in [3.05, 3.63) is 101 Å². The Morgan fingerprint density at radius 2 is 0.611 bits per heavy atom. The molecule has 0 amide bonds. The lowest BCUT2D eigenvalue weighted by Gasteiger charge is -1.90. The first-order valence-electron chi connectivity index (χ1n) is 11.4. The molecule has 0 bridgehead atoms. The van der Waals surface area contributed by atoms with Crippen molar-refractivity contribution in [2.45, 2.75) is 34.6 Å². The largest absolute Gasteiger partial charge is 0.146 e. The first kappa shape index (κ1) is 27.7. The van der Waals surface area contributed by atoms with E-state index in [9.17, 15) is 0 Å². The minimum Gasteiger partial charge on any atom is -0.146 e. The lowest BCUT2D eigenvalue weighted by Crippen LogP contribution is -1.57. The van der Waals surface area contributed by atoms with Gasteiger partial charge in [-0.3, -0.25) is 0 Å². The molecule has 6 heterocycles. The van der Waals surface area contributed by atoms with E-state index in [0.29, 0.717) is 0 Å².